The third-order valence-corrected chi connectivity index (χ3v) is 1.30. The van der Waals surface area contributed by atoms with Crippen molar-refractivity contribution in [2.75, 3.05) is 6.61 Å². The Bertz CT molecular complexity index is 216. The van der Waals surface area contributed by atoms with Crippen molar-refractivity contribution in [3.63, 3.8) is 0 Å². The Labute approximate surface area is 65.4 Å². The minimum absolute atomic E-state index is 0.185. The van der Waals surface area contributed by atoms with Crippen LogP contribution < -0.4 is 0 Å². The van der Waals surface area contributed by atoms with Gasteiger partial charge in [0.25, 0.3) is 0 Å². The number of esters is 1. The Balaban J connectivity index is 2.37. The van der Waals surface area contributed by atoms with Crippen molar-refractivity contribution in [1.29, 1.82) is 0 Å². The second-order valence-corrected chi connectivity index (χ2v) is 2.18. The van der Waals surface area contributed by atoms with Gasteiger partial charge in [0.05, 0.1) is 13.0 Å². The van der Waals surface area contributed by atoms with E-state index in [0.717, 1.165) is 5.69 Å². The number of rotatable bonds is 3. The van der Waals surface area contributed by atoms with Crippen molar-refractivity contribution in [2.45, 2.75) is 13.3 Å². The monoisotopic (exact) mass is 153 g/mol. The van der Waals surface area contributed by atoms with Crippen LogP contribution in [0.4, 0.5) is 0 Å². The van der Waals surface area contributed by atoms with Crippen LogP contribution >= 0.6 is 0 Å². The molecule has 0 amide bonds. The van der Waals surface area contributed by atoms with E-state index in [1.807, 2.05) is 12.1 Å². The first-order chi connectivity index (χ1) is 5.33. The zero-order valence-corrected chi connectivity index (χ0v) is 6.46. The Hall–Kier alpha value is -1.25. The van der Waals surface area contributed by atoms with E-state index in [0.29, 0.717) is 13.0 Å². The summed E-state index contributed by atoms with van der Waals surface area (Å²) in [5.41, 5.74) is 0.892. The first kappa shape index (κ1) is 7.85. The molecule has 60 valence electrons. The number of nitrogens with one attached hydrogen (secondary N) is 1. The van der Waals surface area contributed by atoms with E-state index in [9.17, 15) is 4.79 Å². The van der Waals surface area contributed by atoms with Crippen molar-refractivity contribution in [3.8, 4) is 0 Å². The SMILES string of the molecule is CCOC(=O)Cc1ccc[nH]1. The summed E-state index contributed by atoms with van der Waals surface area (Å²) in [6.07, 6.45) is 2.12. The number of H-pyrrole nitrogens is 1. The highest BCUT2D eigenvalue weighted by Gasteiger charge is 2.02. The predicted molar refractivity (Wildman–Crippen MR) is 41.1 cm³/mol. The van der Waals surface area contributed by atoms with E-state index in [4.69, 9.17) is 4.74 Å². The minimum atomic E-state index is -0.185. The summed E-state index contributed by atoms with van der Waals surface area (Å²) in [6.45, 7) is 2.24. The first-order valence-corrected chi connectivity index (χ1v) is 3.61. The van der Waals surface area contributed by atoms with E-state index in [2.05, 4.69) is 4.98 Å². The average molecular weight is 153 g/mol. The molecule has 0 aliphatic heterocycles. The summed E-state index contributed by atoms with van der Waals surface area (Å²) in [5.74, 6) is -0.185. The Morgan fingerprint density at radius 3 is 3.09 bits per heavy atom. The summed E-state index contributed by atoms with van der Waals surface area (Å²) < 4.78 is 4.76. The summed E-state index contributed by atoms with van der Waals surface area (Å²) in [6, 6.07) is 3.71. The molecule has 0 saturated carbocycles. The molecule has 1 aromatic rings. The molecule has 0 fully saturated rings. The van der Waals surface area contributed by atoms with E-state index < -0.39 is 0 Å². The number of carbonyl (C=O) groups is 1. The van der Waals surface area contributed by atoms with E-state index >= 15 is 0 Å². The topological polar surface area (TPSA) is 42.1 Å². The Kier molecular flexibility index (Phi) is 2.72. The van der Waals surface area contributed by atoms with E-state index in [1.54, 1.807) is 13.1 Å². The van der Waals surface area contributed by atoms with Gasteiger partial charge in [0, 0.05) is 11.9 Å². The van der Waals surface area contributed by atoms with Gasteiger partial charge in [0.2, 0.25) is 0 Å². The maximum absolute atomic E-state index is 10.9. The van der Waals surface area contributed by atoms with Crippen LogP contribution in [0, 0.1) is 0 Å². The van der Waals surface area contributed by atoms with Crippen molar-refractivity contribution < 1.29 is 9.53 Å². The van der Waals surface area contributed by atoms with Crippen molar-refractivity contribution in [3.05, 3.63) is 24.0 Å². The molecule has 0 aliphatic rings. The number of aromatic nitrogens is 1. The third-order valence-electron chi connectivity index (χ3n) is 1.30. The number of hydrogen-bond donors (Lipinski definition) is 1. The molecular formula is C8H11NO2. The highest BCUT2D eigenvalue weighted by Crippen LogP contribution is 1.96. The summed E-state index contributed by atoms with van der Waals surface area (Å²) in [4.78, 5) is 13.8. The van der Waals surface area contributed by atoms with Gasteiger partial charge in [-0.2, -0.15) is 0 Å². The van der Waals surface area contributed by atoms with Crippen LogP contribution in [0.15, 0.2) is 18.3 Å². The zero-order valence-electron chi connectivity index (χ0n) is 6.46. The van der Waals surface area contributed by atoms with Gasteiger partial charge < -0.3 is 9.72 Å². The normalized spacial score (nSPS) is 9.55. The van der Waals surface area contributed by atoms with Crippen LogP contribution in [-0.4, -0.2) is 17.6 Å². The molecule has 1 heterocycles. The van der Waals surface area contributed by atoms with Crippen LogP contribution in [0.5, 0.6) is 0 Å². The van der Waals surface area contributed by atoms with Gasteiger partial charge in [-0.15, -0.1) is 0 Å². The summed E-state index contributed by atoms with van der Waals surface area (Å²) >= 11 is 0. The second kappa shape index (κ2) is 3.81. The van der Waals surface area contributed by atoms with Crippen molar-refractivity contribution in [2.24, 2.45) is 0 Å². The van der Waals surface area contributed by atoms with Gasteiger partial charge in [0.15, 0.2) is 0 Å². The molecule has 1 rings (SSSR count). The highest BCUT2D eigenvalue weighted by atomic mass is 16.5. The maximum atomic E-state index is 10.9. The molecule has 0 saturated heterocycles. The largest absolute Gasteiger partial charge is 0.466 e. The molecule has 0 bridgehead atoms. The minimum Gasteiger partial charge on any atom is -0.466 e. The highest BCUT2D eigenvalue weighted by molar-refractivity contribution is 5.71. The molecular weight excluding hydrogens is 142 g/mol. The summed E-state index contributed by atoms with van der Waals surface area (Å²) in [5, 5.41) is 0. The van der Waals surface area contributed by atoms with Crippen LogP contribution in [-0.2, 0) is 16.0 Å². The smallest absolute Gasteiger partial charge is 0.311 e. The Morgan fingerprint density at radius 1 is 1.73 bits per heavy atom. The predicted octanol–water partition coefficient (Wildman–Crippen LogP) is 1.12. The van der Waals surface area contributed by atoms with E-state index in [1.165, 1.54) is 0 Å². The van der Waals surface area contributed by atoms with Gasteiger partial charge in [-0.05, 0) is 19.1 Å². The van der Waals surface area contributed by atoms with Crippen LogP contribution in [0.3, 0.4) is 0 Å². The van der Waals surface area contributed by atoms with Crippen molar-refractivity contribution in [1.82, 2.24) is 4.98 Å². The van der Waals surface area contributed by atoms with Gasteiger partial charge in [-0.3, -0.25) is 4.79 Å². The first-order valence-electron chi connectivity index (χ1n) is 3.61. The van der Waals surface area contributed by atoms with Crippen molar-refractivity contribution >= 4 is 5.97 Å². The third kappa shape index (κ3) is 2.45. The lowest BCUT2D eigenvalue weighted by molar-refractivity contribution is -0.142. The lowest BCUT2D eigenvalue weighted by atomic mass is 10.3. The fourth-order valence-corrected chi connectivity index (χ4v) is 0.845. The maximum Gasteiger partial charge on any atom is 0.311 e. The van der Waals surface area contributed by atoms with Gasteiger partial charge in [-0.25, -0.2) is 0 Å². The fraction of sp³-hybridized carbons (Fsp3) is 0.375. The molecule has 0 spiro atoms. The molecule has 3 heteroatoms. The quantitative estimate of drug-likeness (QED) is 0.661. The zero-order chi connectivity index (χ0) is 8.10. The lowest BCUT2D eigenvalue weighted by Gasteiger charge is -1.98. The van der Waals surface area contributed by atoms with Gasteiger partial charge >= 0.3 is 5.97 Å². The molecule has 0 radical (unpaired) electrons. The second-order valence-electron chi connectivity index (χ2n) is 2.18. The molecule has 0 atom stereocenters. The molecule has 0 aliphatic carbocycles. The molecule has 1 aromatic heterocycles. The number of hydrogen-bond acceptors (Lipinski definition) is 2. The fourth-order valence-electron chi connectivity index (χ4n) is 0.845. The molecule has 1 N–H and O–H groups in total. The Morgan fingerprint density at radius 2 is 2.55 bits per heavy atom. The molecule has 0 unspecified atom stereocenters. The van der Waals surface area contributed by atoms with Gasteiger partial charge in [-0.1, -0.05) is 0 Å². The summed E-state index contributed by atoms with van der Waals surface area (Å²) in [7, 11) is 0. The van der Waals surface area contributed by atoms with Crippen LogP contribution in [0.1, 0.15) is 12.6 Å². The lowest BCUT2D eigenvalue weighted by Crippen LogP contribution is -2.07. The van der Waals surface area contributed by atoms with Crippen LogP contribution in [0.2, 0.25) is 0 Å². The number of ether oxygens (including phenoxy) is 1. The average Bonchev–Trinajstić information content (AvgIpc) is 2.40. The standard InChI is InChI=1S/C8H11NO2/c1-2-11-8(10)6-7-4-3-5-9-7/h3-5,9H,2,6H2,1H3. The van der Waals surface area contributed by atoms with Gasteiger partial charge in [0.1, 0.15) is 0 Å². The van der Waals surface area contributed by atoms with Crippen LogP contribution in [0.25, 0.3) is 0 Å². The molecule has 0 aromatic carbocycles. The molecule has 3 nitrogen and oxygen atoms in total. The number of aromatic amines is 1. The molecule has 11 heavy (non-hydrogen) atoms. The van der Waals surface area contributed by atoms with E-state index in [-0.39, 0.29) is 5.97 Å². The number of carbonyl (C=O) groups excluding carboxylic acids is 1.